The fourth-order valence-electron chi connectivity index (χ4n) is 5.62. The van der Waals surface area contributed by atoms with Crippen LogP contribution in [0.15, 0.2) is 42.5 Å². The Balaban J connectivity index is 1.30. The molecule has 2 aromatic carbocycles. The van der Waals surface area contributed by atoms with Gasteiger partial charge in [-0.15, -0.1) is 0 Å². The Morgan fingerprint density at radius 1 is 1.00 bits per heavy atom. The normalized spacial score (nSPS) is 19.6. The first-order chi connectivity index (χ1) is 17.1. The van der Waals surface area contributed by atoms with Gasteiger partial charge in [0.15, 0.2) is 0 Å². The van der Waals surface area contributed by atoms with Crippen LogP contribution in [-0.2, 0) is 5.41 Å². The molecule has 1 aromatic heterocycles. The Hall–Kier alpha value is -2.86. The number of hydrogen-bond donors (Lipinski definition) is 1. The zero-order chi connectivity index (χ0) is 24.0. The number of aliphatic hydroxyl groups excluding tert-OH is 1. The summed E-state index contributed by atoms with van der Waals surface area (Å²) in [6, 6.07) is 15.5. The topological polar surface area (TPSA) is 55.7 Å². The molecule has 3 fully saturated rings. The zero-order valence-electron chi connectivity index (χ0n) is 21.1. The number of fused-ring (bicyclic) bond motifs is 1. The molecule has 3 aliphatic rings. The summed E-state index contributed by atoms with van der Waals surface area (Å²) in [5, 5.41) is 10.5. The van der Waals surface area contributed by atoms with Crippen molar-refractivity contribution in [1.82, 2.24) is 9.97 Å². The number of para-hydroxylation sites is 1. The monoisotopic (exact) mass is 471 g/mol. The minimum atomic E-state index is 0.129. The van der Waals surface area contributed by atoms with Crippen LogP contribution >= 0.6 is 0 Å². The van der Waals surface area contributed by atoms with Crippen LogP contribution in [0.3, 0.4) is 0 Å². The fourth-order valence-corrected chi connectivity index (χ4v) is 5.62. The first kappa shape index (κ1) is 22.6. The molecule has 1 N–H and O–H groups in total. The molecule has 6 rings (SSSR count). The Labute approximate surface area is 208 Å². The Morgan fingerprint density at radius 3 is 2.46 bits per heavy atom. The van der Waals surface area contributed by atoms with Gasteiger partial charge in [0.25, 0.3) is 0 Å². The number of rotatable bonds is 7. The lowest BCUT2D eigenvalue weighted by Crippen LogP contribution is -2.39. The summed E-state index contributed by atoms with van der Waals surface area (Å²) in [5.41, 5.74) is 5.23. The number of aromatic nitrogens is 2. The molecule has 0 radical (unpaired) electrons. The molecular weight excluding hydrogens is 434 g/mol. The van der Waals surface area contributed by atoms with Gasteiger partial charge in [0, 0.05) is 61.9 Å². The number of piperidine rings is 1. The van der Waals surface area contributed by atoms with Gasteiger partial charge in [0.05, 0.1) is 12.1 Å². The Bertz CT molecular complexity index is 1210. The molecule has 6 nitrogen and oxygen atoms in total. The van der Waals surface area contributed by atoms with Crippen molar-refractivity contribution >= 4 is 28.1 Å². The second kappa shape index (κ2) is 8.98. The van der Waals surface area contributed by atoms with Gasteiger partial charge in [-0.25, -0.2) is 9.97 Å². The summed E-state index contributed by atoms with van der Waals surface area (Å²) in [6.07, 6.45) is 5.94. The summed E-state index contributed by atoms with van der Waals surface area (Å²) < 4.78 is 0. The van der Waals surface area contributed by atoms with E-state index in [0.717, 1.165) is 54.2 Å². The largest absolute Gasteiger partial charge is 0.395 e. The summed E-state index contributed by atoms with van der Waals surface area (Å²) >= 11 is 0. The third-order valence-electron chi connectivity index (χ3n) is 8.44. The molecule has 0 amide bonds. The minimum absolute atomic E-state index is 0.129. The van der Waals surface area contributed by atoms with E-state index in [2.05, 4.69) is 64.1 Å². The van der Waals surface area contributed by atoms with E-state index < -0.39 is 0 Å². The predicted molar refractivity (Wildman–Crippen MR) is 144 cm³/mol. The molecule has 3 aromatic rings. The quantitative estimate of drug-likeness (QED) is 0.539. The van der Waals surface area contributed by atoms with Gasteiger partial charge >= 0.3 is 0 Å². The van der Waals surface area contributed by atoms with Crippen LogP contribution in [0.1, 0.15) is 56.3 Å². The van der Waals surface area contributed by atoms with Gasteiger partial charge in [0.1, 0.15) is 11.6 Å². The van der Waals surface area contributed by atoms with Crippen molar-refractivity contribution in [1.29, 1.82) is 0 Å². The maximum Gasteiger partial charge on any atom is 0.140 e. The van der Waals surface area contributed by atoms with E-state index in [0.29, 0.717) is 12.5 Å². The summed E-state index contributed by atoms with van der Waals surface area (Å²) in [7, 11) is 2.03. The first-order valence-corrected chi connectivity index (χ1v) is 13.3. The van der Waals surface area contributed by atoms with Crippen LogP contribution in [0, 0.1) is 0 Å². The third kappa shape index (κ3) is 4.22. The SMILES string of the molecule is CN(CCO)c1ccc2nc(C3(C)CC3)nc(N3CCC(c4ccccc4N4CCC4)CC3)c2c1. The van der Waals surface area contributed by atoms with E-state index in [4.69, 9.17) is 9.97 Å². The number of benzene rings is 2. The second-order valence-electron chi connectivity index (χ2n) is 10.9. The van der Waals surface area contributed by atoms with E-state index >= 15 is 0 Å². The van der Waals surface area contributed by atoms with Crippen LogP contribution in [-0.4, -0.2) is 61.5 Å². The van der Waals surface area contributed by atoms with Crippen molar-refractivity contribution in [3.8, 4) is 0 Å². The number of hydrogen-bond acceptors (Lipinski definition) is 6. The fraction of sp³-hybridized carbons (Fsp3) is 0.517. The molecule has 0 spiro atoms. The molecule has 35 heavy (non-hydrogen) atoms. The smallest absolute Gasteiger partial charge is 0.140 e. The summed E-state index contributed by atoms with van der Waals surface area (Å²) in [5.74, 6) is 2.69. The molecule has 6 heteroatoms. The maximum atomic E-state index is 9.42. The van der Waals surface area contributed by atoms with E-state index in [9.17, 15) is 5.11 Å². The van der Waals surface area contributed by atoms with Crippen LogP contribution in [0.2, 0.25) is 0 Å². The standard InChI is InChI=1S/C29H37N5O/c1-29(12-13-29)28-30-25-9-8-22(32(2)18-19-35)20-24(25)27(31-28)34-16-10-21(11-17-34)23-6-3-4-7-26(23)33-14-5-15-33/h3-4,6-9,20-21,35H,5,10-19H2,1-2H3. The van der Waals surface area contributed by atoms with Crippen molar-refractivity contribution in [2.45, 2.75) is 50.4 Å². The van der Waals surface area contributed by atoms with Crippen LogP contribution < -0.4 is 14.7 Å². The number of aliphatic hydroxyl groups is 1. The van der Waals surface area contributed by atoms with Crippen LogP contribution in [0.4, 0.5) is 17.2 Å². The zero-order valence-corrected chi connectivity index (χ0v) is 21.1. The second-order valence-corrected chi connectivity index (χ2v) is 10.9. The number of anilines is 3. The highest BCUT2D eigenvalue weighted by molar-refractivity contribution is 5.92. The van der Waals surface area contributed by atoms with Gasteiger partial charge in [-0.05, 0) is 67.9 Å². The molecule has 3 heterocycles. The van der Waals surface area contributed by atoms with Gasteiger partial charge < -0.3 is 19.8 Å². The van der Waals surface area contributed by atoms with Gasteiger partial charge in [-0.2, -0.15) is 0 Å². The highest BCUT2D eigenvalue weighted by Crippen LogP contribution is 2.47. The van der Waals surface area contributed by atoms with Crippen molar-refractivity contribution in [3.63, 3.8) is 0 Å². The van der Waals surface area contributed by atoms with Gasteiger partial charge in [-0.3, -0.25) is 0 Å². The maximum absolute atomic E-state index is 9.42. The van der Waals surface area contributed by atoms with E-state index in [1.807, 2.05) is 7.05 Å². The third-order valence-corrected chi connectivity index (χ3v) is 8.44. The molecule has 184 valence electrons. The van der Waals surface area contributed by atoms with Crippen molar-refractivity contribution < 1.29 is 5.11 Å². The van der Waals surface area contributed by atoms with Crippen LogP contribution in [0.25, 0.3) is 10.9 Å². The Kier molecular flexibility index (Phi) is 5.79. The molecule has 0 unspecified atom stereocenters. The summed E-state index contributed by atoms with van der Waals surface area (Å²) in [4.78, 5) is 17.3. The molecule has 1 saturated carbocycles. The Morgan fingerprint density at radius 2 is 1.77 bits per heavy atom. The lowest BCUT2D eigenvalue weighted by molar-refractivity contribution is 0.304. The molecule has 0 bridgehead atoms. The average molecular weight is 472 g/mol. The minimum Gasteiger partial charge on any atom is -0.395 e. The van der Waals surface area contributed by atoms with Crippen molar-refractivity contribution in [2.24, 2.45) is 0 Å². The lowest BCUT2D eigenvalue weighted by Gasteiger charge is -2.39. The van der Waals surface area contributed by atoms with Crippen LogP contribution in [0.5, 0.6) is 0 Å². The molecule has 2 aliphatic heterocycles. The number of likely N-dealkylation sites (N-methyl/N-ethyl adjacent to an activating group) is 1. The average Bonchev–Trinajstić information content (AvgIpc) is 3.61. The van der Waals surface area contributed by atoms with Crippen molar-refractivity contribution in [3.05, 3.63) is 53.9 Å². The highest BCUT2D eigenvalue weighted by Gasteiger charge is 2.43. The molecular formula is C29H37N5O. The first-order valence-electron chi connectivity index (χ1n) is 13.3. The van der Waals surface area contributed by atoms with E-state index in [1.54, 1.807) is 0 Å². The van der Waals surface area contributed by atoms with Crippen molar-refractivity contribution in [2.75, 3.05) is 61.1 Å². The lowest BCUT2D eigenvalue weighted by atomic mass is 9.87. The molecule has 1 aliphatic carbocycles. The molecule has 0 atom stereocenters. The van der Waals surface area contributed by atoms with E-state index in [1.165, 1.54) is 43.6 Å². The van der Waals surface area contributed by atoms with E-state index in [-0.39, 0.29) is 12.0 Å². The highest BCUT2D eigenvalue weighted by atomic mass is 16.3. The number of nitrogens with zero attached hydrogens (tertiary/aromatic N) is 5. The predicted octanol–water partition coefficient (Wildman–Crippen LogP) is 4.70. The van der Waals surface area contributed by atoms with Gasteiger partial charge in [0.2, 0.25) is 0 Å². The molecule has 2 saturated heterocycles. The van der Waals surface area contributed by atoms with Gasteiger partial charge in [-0.1, -0.05) is 25.1 Å². The summed E-state index contributed by atoms with van der Waals surface area (Å²) in [6.45, 7) is 7.45.